The van der Waals surface area contributed by atoms with E-state index < -0.39 is 12.1 Å². The van der Waals surface area contributed by atoms with Crippen molar-refractivity contribution in [3.05, 3.63) is 0 Å². The first-order valence-electron chi connectivity index (χ1n) is 9.87. The number of ether oxygens (including phenoxy) is 2. The van der Waals surface area contributed by atoms with Gasteiger partial charge in [0.2, 0.25) is 0 Å². The zero-order valence-corrected chi connectivity index (χ0v) is 16.5. The zero-order chi connectivity index (χ0) is 19.6. The van der Waals surface area contributed by atoms with Gasteiger partial charge in [0.25, 0.3) is 0 Å². The fourth-order valence-electron chi connectivity index (χ4n) is 2.88. The Morgan fingerprint density at radius 1 is 0.923 bits per heavy atom. The maximum absolute atomic E-state index is 11.2. The second-order valence-electron chi connectivity index (χ2n) is 6.85. The van der Waals surface area contributed by atoms with Crippen LogP contribution in [-0.2, 0) is 19.1 Å². The molecule has 0 aliphatic rings. The van der Waals surface area contributed by atoms with E-state index in [2.05, 4.69) is 5.92 Å². The number of carbonyl (C=O) groups excluding carboxylic acids is 2. The monoisotopic (exact) mass is 368 g/mol. The van der Waals surface area contributed by atoms with E-state index in [1.54, 1.807) is 0 Å². The molecule has 5 heteroatoms. The van der Waals surface area contributed by atoms with Crippen molar-refractivity contribution in [1.29, 1.82) is 0 Å². The van der Waals surface area contributed by atoms with Gasteiger partial charge in [-0.25, -0.2) is 0 Å². The highest BCUT2D eigenvalue weighted by Crippen LogP contribution is 2.16. The summed E-state index contributed by atoms with van der Waals surface area (Å²) in [4.78, 5) is 22.0. The Hall–Kier alpha value is -1.54. The van der Waals surface area contributed by atoms with Gasteiger partial charge in [0.1, 0.15) is 12.7 Å². The Morgan fingerprint density at radius 3 is 1.96 bits per heavy atom. The topological polar surface area (TPSA) is 72.8 Å². The van der Waals surface area contributed by atoms with Gasteiger partial charge in [0, 0.05) is 26.7 Å². The number of unbranched alkanes of at least 4 members (excludes halogenated alkanes) is 9. The molecule has 5 nitrogen and oxygen atoms in total. The van der Waals surface area contributed by atoms with Crippen LogP contribution in [0.15, 0.2) is 0 Å². The average Bonchev–Trinajstić information content (AvgIpc) is 2.57. The molecule has 1 N–H and O–H groups in total. The van der Waals surface area contributed by atoms with Gasteiger partial charge < -0.3 is 14.6 Å². The van der Waals surface area contributed by atoms with E-state index in [-0.39, 0.29) is 18.7 Å². The largest absolute Gasteiger partial charge is 0.463 e. The number of esters is 2. The standard InChI is InChI=1S/C21H36O5/c1-4-5-6-7-8-9-10-11-12-13-14-15-21(26-19(3)23)16-20(24)17-25-18(2)22/h1,20-21,24H,5-17H2,2-3H3/t20-,21+/m0/s1. The number of terminal acetylenes is 1. The molecule has 0 rings (SSSR count). The molecule has 0 fully saturated rings. The lowest BCUT2D eigenvalue weighted by Gasteiger charge is -2.20. The Morgan fingerprint density at radius 2 is 1.46 bits per heavy atom. The predicted molar refractivity (Wildman–Crippen MR) is 102 cm³/mol. The van der Waals surface area contributed by atoms with Gasteiger partial charge in [0.15, 0.2) is 0 Å². The van der Waals surface area contributed by atoms with Gasteiger partial charge in [-0.2, -0.15) is 0 Å². The van der Waals surface area contributed by atoms with Crippen molar-refractivity contribution < 1.29 is 24.2 Å². The molecule has 0 saturated heterocycles. The molecular formula is C21H36O5. The van der Waals surface area contributed by atoms with Crippen molar-refractivity contribution in [2.24, 2.45) is 0 Å². The SMILES string of the molecule is C#CCCCCCCCCCCC[C@H](C[C@H](O)COC(C)=O)OC(C)=O. The summed E-state index contributed by atoms with van der Waals surface area (Å²) in [6.45, 7) is 2.61. The number of aliphatic hydroxyl groups excluding tert-OH is 1. The number of rotatable bonds is 16. The Labute approximate surface area is 158 Å². The molecule has 0 bridgehead atoms. The molecule has 0 saturated carbocycles. The van der Waals surface area contributed by atoms with E-state index in [1.807, 2.05) is 0 Å². The first-order chi connectivity index (χ1) is 12.5. The highest BCUT2D eigenvalue weighted by molar-refractivity contribution is 5.66. The van der Waals surface area contributed by atoms with Crippen LogP contribution >= 0.6 is 0 Å². The van der Waals surface area contributed by atoms with Gasteiger partial charge in [-0.1, -0.05) is 44.9 Å². The van der Waals surface area contributed by atoms with E-state index >= 15 is 0 Å². The molecular weight excluding hydrogens is 332 g/mol. The zero-order valence-electron chi connectivity index (χ0n) is 16.5. The summed E-state index contributed by atoms with van der Waals surface area (Å²) in [5.41, 5.74) is 0. The van der Waals surface area contributed by atoms with Crippen molar-refractivity contribution in [3.8, 4) is 12.3 Å². The first-order valence-corrected chi connectivity index (χ1v) is 9.87. The summed E-state index contributed by atoms with van der Waals surface area (Å²) in [5, 5.41) is 9.88. The molecule has 0 heterocycles. The van der Waals surface area contributed by atoms with Crippen LogP contribution in [0.25, 0.3) is 0 Å². The van der Waals surface area contributed by atoms with Crippen LogP contribution in [0, 0.1) is 12.3 Å². The van der Waals surface area contributed by atoms with Gasteiger partial charge in [-0.3, -0.25) is 9.59 Å². The lowest BCUT2D eigenvalue weighted by Crippen LogP contribution is -2.26. The fraction of sp³-hybridized carbons (Fsp3) is 0.810. The van der Waals surface area contributed by atoms with Gasteiger partial charge in [-0.05, 0) is 19.3 Å². The molecule has 0 aliphatic carbocycles. The van der Waals surface area contributed by atoms with Gasteiger partial charge in [-0.15, -0.1) is 12.3 Å². The summed E-state index contributed by atoms with van der Waals surface area (Å²) in [7, 11) is 0. The molecule has 0 amide bonds. The van der Waals surface area contributed by atoms with Crippen LogP contribution in [0.1, 0.15) is 90.9 Å². The summed E-state index contributed by atoms with van der Waals surface area (Å²) in [6.07, 6.45) is 16.6. The van der Waals surface area contributed by atoms with Gasteiger partial charge >= 0.3 is 11.9 Å². The second-order valence-corrected chi connectivity index (χ2v) is 6.85. The Balaban J connectivity index is 3.75. The summed E-state index contributed by atoms with van der Waals surface area (Å²) >= 11 is 0. The molecule has 0 aromatic rings. The molecule has 150 valence electrons. The van der Waals surface area contributed by atoms with Crippen molar-refractivity contribution in [2.45, 2.75) is 103 Å². The molecule has 2 atom stereocenters. The average molecular weight is 369 g/mol. The van der Waals surface area contributed by atoms with Gasteiger partial charge in [0.05, 0.1) is 6.10 Å². The van der Waals surface area contributed by atoms with E-state index in [9.17, 15) is 14.7 Å². The summed E-state index contributed by atoms with van der Waals surface area (Å²) < 4.78 is 10.0. The summed E-state index contributed by atoms with van der Waals surface area (Å²) in [6, 6.07) is 0. The van der Waals surface area contributed by atoms with E-state index in [0.29, 0.717) is 6.42 Å². The minimum absolute atomic E-state index is 0.0611. The minimum Gasteiger partial charge on any atom is -0.463 e. The van der Waals surface area contributed by atoms with Crippen LogP contribution in [-0.4, -0.2) is 35.9 Å². The smallest absolute Gasteiger partial charge is 0.302 e. The van der Waals surface area contributed by atoms with Crippen LogP contribution < -0.4 is 0 Å². The predicted octanol–water partition coefficient (Wildman–Crippen LogP) is 4.16. The second kappa shape index (κ2) is 16.9. The van der Waals surface area contributed by atoms with Crippen molar-refractivity contribution in [2.75, 3.05) is 6.61 Å². The highest BCUT2D eigenvalue weighted by atomic mass is 16.5. The summed E-state index contributed by atoms with van der Waals surface area (Å²) in [5.74, 6) is 1.89. The van der Waals surface area contributed by atoms with Crippen LogP contribution in [0.2, 0.25) is 0 Å². The molecule has 0 aliphatic heterocycles. The van der Waals surface area contributed by atoms with Crippen molar-refractivity contribution >= 4 is 11.9 Å². The number of hydrogen-bond acceptors (Lipinski definition) is 5. The van der Waals surface area contributed by atoms with Crippen LogP contribution in [0.5, 0.6) is 0 Å². The molecule has 26 heavy (non-hydrogen) atoms. The molecule has 0 spiro atoms. The first kappa shape index (κ1) is 24.5. The van der Waals surface area contributed by atoms with E-state index in [0.717, 1.165) is 32.1 Å². The maximum Gasteiger partial charge on any atom is 0.302 e. The lowest BCUT2D eigenvalue weighted by molar-refractivity contribution is -0.151. The number of carbonyl (C=O) groups is 2. The third-order valence-corrected chi connectivity index (χ3v) is 4.19. The fourth-order valence-corrected chi connectivity index (χ4v) is 2.88. The quantitative estimate of drug-likeness (QED) is 0.252. The molecule has 0 radical (unpaired) electrons. The normalized spacial score (nSPS) is 12.8. The number of aliphatic hydroxyl groups is 1. The van der Waals surface area contributed by atoms with E-state index in [1.165, 1.54) is 52.4 Å². The highest BCUT2D eigenvalue weighted by Gasteiger charge is 2.18. The van der Waals surface area contributed by atoms with Crippen molar-refractivity contribution in [3.63, 3.8) is 0 Å². The molecule has 0 aromatic carbocycles. The van der Waals surface area contributed by atoms with Crippen molar-refractivity contribution in [1.82, 2.24) is 0 Å². The third kappa shape index (κ3) is 17.3. The maximum atomic E-state index is 11.2. The Bertz CT molecular complexity index is 413. The van der Waals surface area contributed by atoms with Crippen LogP contribution in [0.3, 0.4) is 0 Å². The lowest BCUT2D eigenvalue weighted by atomic mass is 10.0. The molecule has 0 aromatic heterocycles. The molecule has 0 unspecified atom stereocenters. The van der Waals surface area contributed by atoms with Crippen LogP contribution in [0.4, 0.5) is 0 Å². The third-order valence-electron chi connectivity index (χ3n) is 4.19. The minimum atomic E-state index is -0.808. The Kier molecular flexibility index (Phi) is 15.9. The van der Waals surface area contributed by atoms with E-state index in [4.69, 9.17) is 15.9 Å². The number of hydrogen-bond donors (Lipinski definition) is 1.